The maximum absolute atomic E-state index is 11.8. The molecule has 0 aromatic carbocycles. The van der Waals surface area contributed by atoms with Gasteiger partial charge in [0.25, 0.3) is 0 Å². The Labute approximate surface area is 109 Å². The molecule has 2 N–H and O–H groups in total. The maximum atomic E-state index is 11.8. The molecule has 1 heterocycles. The highest BCUT2D eigenvalue weighted by Gasteiger charge is 2.13. The molecule has 0 aliphatic heterocycles. The van der Waals surface area contributed by atoms with E-state index in [2.05, 4.69) is 22.7 Å². The van der Waals surface area contributed by atoms with Gasteiger partial charge in [-0.25, -0.2) is 0 Å². The molecule has 0 saturated carbocycles. The van der Waals surface area contributed by atoms with E-state index >= 15 is 0 Å². The number of aromatic nitrogens is 2. The first kappa shape index (κ1) is 14.5. The summed E-state index contributed by atoms with van der Waals surface area (Å²) in [6.07, 6.45) is 5.25. The van der Waals surface area contributed by atoms with Gasteiger partial charge in [0.05, 0.1) is 11.4 Å². The lowest BCUT2D eigenvalue weighted by Gasteiger charge is -2.14. The Balaban J connectivity index is 2.37. The standard InChI is InChI=1S/C13H24N4O/c1-5-6-7-8-14-13(18)11(3)15-12-9-17(4)16-10(12)2/h9,11,15H,5-8H2,1-4H3,(H,14,18). The Morgan fingerprint density at radius 2 is 2.22 bits per heavy atom. The second-order valence-electron chi connectivity index (χ2n) is 4.67. The summed E-state index contributed by atoms with van der Waals surface area (Å²) in [5, 5.41) is 10.3. The van der Waals surface area contributed by atoms with Crippen molar-refractivity contribution < 1.29 is 4.79 Å². The van der Waals surface area contributed by atoms with Gasteiger partial charge in [0.15, 0.2) is 0 Å². The average Bonchev–Trinajstić information content (AvgIpc) is 2.63. The Hall–Kier alpha value is -1.52. The smallest absolute Gasteiger partial charge is 0.242 e. The molecule has 0 aliphatic carbocycles. The van der Waals surface area contributed by atoms with Gasteiger partial charge in [-0.3, -0.25) is 9.48 Å². The molecular weight excluding hydrogens is 228 g/mol. The van der Waals surface area contributed by atoms with Crippen LogP contribution in [0.2, 0.25) is 0 Å². The minimum Gasteiger partial charge on any atom is -0.371 e. The molecule has 0 bridgehead atoms. The van der Waals surface area contributed by atoms with Crippen molar-refractivity contribution in [1.29, 1.82) is 0 Å². The van der Waals surface area contributed by atoms with Gasteiger partial charge >= 0.3 is 0 Å². The number of unbranched alkanes of at least 4 members (excludes halogenated alkanes) is 2. The van der Waals surface area contributed by atoms with Crippen molar-refractivity contribution in [3.05, 3.63) is 11.9 Å². The van der Waals surface area contributed by atoms with Crippen LogP contribution in [0.4, 0.5) is 5.69 Å². The summed E-state index contributed by atoms with van der Waals surface area (Å²) in [6.45, 7) is 6.69. The molecule has 0 radical (unpaired) electrons. The summed E-state index contributed by atoms with van der Waals surface area (Å²) in [5.41, 5.74) is 1.82. The van der Waals surface area contributed by atoms with E-state index in [1.54, 1.807) is 4.68 Å². The van der Waals surface area contributed by atoms with Crippen molar-refractivity contribution in [2.24, 2.45) is 7.05 Å². The zero-order valence-corrected chi connectivity index (χ0v) is 11.8. The highest BCUT2D eigenvalue weighted by molar-refractivity contribution is 5.84. The Kier molecular flexibility index (Phi) is 5.68. The second kappa shape index (κ2) is 7.03. The minimum atomic E-state index is -0.241. The van der Waals surface area contributed by atoms with Crippen LogP contribution in [0, 0.1) is 6.92 Å². The van der Waals surface area contributed by atoms with Gasteiger partial charge in [-0.15, -0.1) is 0 Å². The monoisotopic (exact) mass is 252 g/mol. The number of nitrogens with zero attached hydrogens (tertiary/aromatic N) is 2. The molecular formula is C13H24N4O. The van der Waals surface area contributed by atoms with Crippen LogP contribution in [0.15, 0.2) is 6.20 Å². The number of hydrogen-bond donors (Lipinski definition) is 2. The molecule has 0 aliphatic rings. The number of carbonyl (C=O) groups is 1. The number of rotatable bonds is 7. The zero-order chi connectivity index (χ0) is 13.5. The lowest BCUT2D eigenvalue weighted by atomic mass is 10.2. The third kappa shape index (κ3) is 4.39. The van der Waals surface area contributed by atoms with Crippen molar-refractivity contribution in [1.82, 2.24) is 15.1 Å². The van der Waals surface area contributed by atoms with Gasteiger partial charge in [0, 0.05) is 19.8 Å². The Bertz CT molecular complexity index is 386. The summed E-state index contributed by atoms with van der Waals surface area (Å²) >= 11 is 0. The molecule has 1 aromatic rings. The number of aryl methyl sites for hydroxylation is 2. The van der Waals surface area contributed by atoms with Gasteiger partial charge in [-0.1, -0.05) is 19.8 Å². The Morgan fingerprint density at radius 3 is 2.78 bits per heavy atom. The lowest BCUT2D eigenvalue weighted by molar-refractivity contribution is -0.121. The van der Waals surface area contributed by atoms with Crippen LogP contribution in [-0.2, 0) is 11.8 Å². The van der Waals surface area contributed by atoms with E-state index in [9.17, 15) is 4.79 Å². The third-order valence-corrected chi connectivity index (χ3v) is 2.86. The fourth-order valence-corrected chi connectivity index (χ4v) is 1.78. The predicted octanol–water partition coefficient (Wildman–Crippen LogP) is 1.84. The molecule has 1 unspecified atom stereocenters. The van der Waals surface area contributed by atoms with Crippen molar-refractivity contribution in [2.75, 3.05) is 11.9 Å². The quantitative estimate of drug-likeness (QED) is 0.728. The molecule has 1 atom stereocenters. The van der Waals surface area contributed by atoms with Crippen LogP contribution in [0.1, 0.15) is 38.8 Å². The molecule has 0 spiro atoms. The van der Waals surface area contributed by atoms with E-state index in [0.29, 0.717) is 0 Å². The second-order valence-corrected chi connectivity index (χ2v) is 4.67. The SMILES string of the molecule is CCCCCNC(=O)C(C)Nc1cn(C)nc1C. The van der Waals surface area contributed by atoms with Gasteiger partial charge < -0.3 is 10.6 Å². The van der Waals surface area contributed by atoms with Crippen LogP contribution in [-0.4, -0.2) is 28.3 Å². The number of carbonyl (C=O) groups excluding carboxylic acids is 1. The summed E-state index contributed by atoms with van der Waals surface area (Å²) in [7, 11) is 1.87. The van der Waals surface area contributed by atoms with Crippen molar-refractivity contribution >= 4 is 11.6 Å². The number of anilines is 1. The molecule has 5 heteroatoms. The maximum Gasteiger partial charge on any atom is 0.242 e. The first-order chi connectivity index (χ1) is 8.54. The third-order valence-electron chi connectivity index (χ3n) is 2.86. The van der Waals surface area contributed by atoms with E-state index in [1.165, 1.54) is 6.42 Å². The summed E-state index contributed by atoms with van der Waals surface area (Å²) in [4.78, 5) is 11.8. The molecule has 0 fully saturated rings. The highest BCUT2D eigenvalue weighted by atomic mass is 16.2. The van der Waals surface area contributed by atoms with E-state index in [1.807, 2.05) is 27.1 Å². The van der Waals surface area contributed by atoms with Crippen molar-refractivity contribution in [3.8, 4) is 0 Å². The van der Waals surface area contributed by atoms with Crippen LogP contribution in [0.25, 0.3) is 0 Å². The van der Waals surface area contributed by atoms with Gasteiger partial charge in [0.1, 0.15) is 6.04 Å². The highest BCUT2D eigenvalue weighted by Crippen LogP contribution is 2.12. The van der Waals surface area contributed by atoms with Crippen molar-refractivity contribution in [3.63, 3.8) is 0 Å². The summed E-state index contributed by atoms with van der Waals surface area (Å²) < 4.78 is 1.74. The molecule has 1 amide bonds. The van der Waals surface area contributed by atoms with Crippen LogP contribution in [0.5, 0.6) is 0 Å². The van der Waals surface area contributed by atoms with E-state index in [0.717, 1.165) is 30.8 Å². The molecule has 102 valence electrons. The minimum absolute atomic E-state index is 0.0364. The van der Waals surface area contributed by atoms with Crippen LogP contribution in [0.3, 0.4) is 0 Å². The molecule has 18 heavy (non-hydrogen) atoms. The van der Waals surface area contributed by atoms with Gasteiger partial charge in [-0.2, -0.15) is 5.10 Å². The van der Waals surface area contributed by atoms with E-state index in [4.69, 9.17) is 0 Å². The topological polar surface area (TPSA) is 59.0 Å². The van der Waals surface area contributed by atoms with Gasteiger partial charge in [-0.05, 0) is 20.3 Å². The molecule has 1 rings (SSSR count). The summed E-state index contributed by atoms with van der Waals surface area (Å²) in [5.74, 6) is 0.0364. The Morgan fingerprint density at radius 1 is 1.50 bits per heavy atom. The number of amides is 1. The average molecular weight is 252 g/mol. The fraction of sp³-hybridized carbons (Fsp3) is 0.692. The van der Waals surface area contributed by atoms with E-state index in [-0.39, 0.29) is 11.9 Å². The zero-order valence-electron chi connectivity index (χ0n) is 11.8. The first-order valence-corrected chi connectivity index (χ1v) is 6.59. The fourth-order valence-electron chi connectivity index (χ4n) is 1.78. The lowest BCUT2D eigenvalue weighted by Crippen LogP contribution is -2.38. The number of hydrogen-bond acceptors (Lipinski definition) is 3. The van der Waals surface area contributed by atoms with Crippen molar-refractivity contribution in [2.45, 2.75) is 46.1 Å². The van der Waals surface area contributed by atoms with E-state index < -0.39 is 0 Å². The molecule has 0 saturated heterocycles. The molecule has 5 nitrogen and oxygen atoms in total. The number of nitrogens with one attached hydrogen (secondary N) is 2. The van der Waals surface area contributed by atoms with Crippen LogP contribution >= 0.6 is 0 Å². The summed E-state index contributed by atoms with van der Waals surface area (Å²) in [6, 6.07) is -0.241. The molecule has 1 aromatic heterocycles. The van der Waals surface area contributed by atoms with Crippen LogP contribution < -0.4 is 10.6 Å². The predicted molar refractivity (Wildman–Crippen MR) is 73.6 cm³/mol. The normalized spacial score (nSPS) is 12.2. The first-order valence-electron chi connectivity index (χ1n) is 6.59. The largest absolute Gasteiger partial charge is 0.371 e. The van der Waals surface area contributed by atoms with Gasteiger partial charge in [0.2, 0.25) is 5.91 Å².